The van der Waals surface area contributed by atoms with Gasteiger partial charge in [-0.1, -0.05) is 11.6 Å². The lowest BCUT2D eigenvalue weighted by Gasteiger charge is -2.43. The fourth-order valence-corrected chi connectivity index (χ4v) is 7.39. The van der Waals surface area contributed by atoms with Crippen LogP contribution >= 0.6 is 22.9 Å². The first-order valence-corrected chi connectivity index (χ1v) is 14.6. The Morgan fingerprint density at radius 3 is 2.74 bits per heavy atom. The monoisotopic (exact) mass is 548 g/mol. The molecule has 8 heteroatoms. The van der Waals surface area contributed by atoms with Crippen LogP contribution in [-0.2, 0) is 19.4 Å². The van der Waals surface area contributed by atoms with Gasteiger partial charge in [0.25, 0.3) is 0 Å². The molecule has 0 N–H and O–H groups in total. The molecule has 4 aromatic rings. The summed E-state index contributed by atoms with van der Waals surface area (Å²) in [6.07, 6.45) is 6.86. The van der Waals surface area contributed by atoms with Gasteiger partial charge in [-0.2, -0.15) is 0 Å². The summed E-state index contributed by atoms with van der Waals surface area (Å²) in [7, 11) is 2.23. The van der Waals surface area contributed by atoms with Crippen molar-refractivity contribution in [2.24, 2.45) is 5.41 Å². The van der Waals surface area contributed by atoms with E-state index in [9.17, 15) is 4.79 Å². The van der Waals surface area contributed by atoms with Crippen LogP contribution in [0.3, 0.4) is 0 Å². The summed E-state index contributed by atoms with van der Waals surface area (Å²) in [5.41, 5.74) is 7.20. The van der Waals surface area contributed by atoms with Crippen LogP contribution in [0, 0.1) is 19.3 Å². The predicted molar refractivity (Wildman–Crippen MR) is 154 cm³/mol. The number of hydrogen-bond acceptors (Lipinski definition) is 6. The van der Waals surface area contributed by atoms with E-state index in [1.54, 1.807) is 0 Å². The van der Waals surface area contributed by atoms with Gasteiger partial charge in [-0.15, -0.1) is 11.3 Å². The van der Waals surface area contributed by atoms with Gasteiger partial charge >= 0.3 is 0 Å². The summed E-state index contributed by atoms with van der Waals surface area (Å²) >= 11 is 7.97. The minimum atomic E-state index is 0.416. The van der Waals surface area contributed by atoms with Crippen molar-refractivity contribution < 1.29 is 9.53 Å². The first-order valence-electron chi connectivity index (χ1n) is 13.4. The molecule has 1 aliphatic heterocycles. The van der Waals surface area contributed by atoms with Gasteiger partial charge in [0.15, 0.2) is 6.29 Å². The van der Waals surface area contributed by atoms with Gasteiger partial charge in [0.1, 0.15) is 18.2 Å². The number of carbonyl (C=O) groups excluding carboxylic acids is 1. The molecule has 3 aromatic heterocycles. The van der Waals surface area contributed by atoms with Crippen LogP contribution in [-0.4, -0.2) is 52.5 Å². The number of thiophene rings is 1. The highest BCUT2D eigenvalue weighted by Gasteiger charge is 2.39. The fourth-order valence-electron chi connectivity index (χ4n) is 6.24. The number of aromatic nitrogens is 3. The Hall–Kier alpha value is -2.74. The maximum Gasteiger partial charge on any atom is 0.153 e. The second-order valence-electron chi connectivity index (χ2n) is 11.0. The molecule has 0 saturated carbocycles. The Kier molecular flexibility index (Phi) is 6.79. The second-order valence-corrected chi connectivity index (χ2v) is 12.3. The van der Waals surface area contributed by atoms with E-state index in [1.807, 2.05) is 36.6 Å². The number of imidazole rings is 1. The van der Waals surface area contributed by atoms with Crippen LogP contribution in [0.4, 0.5) is 0 Å². The molecule has 1 fully saturated rings. The van der Waals surface area contributed by atoms with Crippen LogP contribution in [0.25, 0.3) is 21.3 Å². The first kappa shape index (κ1) is 25.5. The Morgan fingerprint density at radius 2 is 1.95 bits per heavy atom. The zero-order chi connectivity index (χ0) is 26.4. The molecule has 1 aliphatic carbocycles. The summed E-state index contributed by atoms with van der Waals surface area (Å²) in [6, 6.07) is 7.80. The molecule has 198 valence electrons. The third kappa shape index (κ3) is 4.65. The van der Waals surface area contributed by atoms with Crippen LogP contribution < -0.4 is 4.74 Å². The normalized spacial score (nSPS) is 17.2. The quantitative estimate of drug-likeness (QED) is 0.257. The zero-order valence-electron chi connectivity index (χ0n) is 22.2. The van der Waals surface area contributed by atoms with E-state index in [4.69, 9.17) is 21.3 Å². The molecule has 0 unspecified atom stereocenters. The van der Waals surface area contributed by atoms with E-state index in [0.29, 0.717) is 22.6 Å². The number of hydrogen-bond donors (Lipinski definition) is 0. The van der Waals surface area contributed by atoms with Crippen molar-refractivity contribution in [1.29, 1.82) is 0 Å². The molecule has 2 aliphatic rings. The van der Waals surface area contributed by atoms with Crippen molar-refractivity contribution in [2.45, 2.75) is 52.5 Å². The number of aryl methyl sites for hydroxylation is 3. The summed E-state index contributed by atoms with van der Waals surface area (Å²) in [5.74, 6) is 1.85. The number of piperidine rings is 1. The van der Waals surface area contributed by atoms with Gasteiger partial charge in [0.2, 0.25) is 0 Å². The van der Waals surface area contributed by atoms with Crippen LogP contribution in [0.15, 0.2) is 29.6 Å². The van der Waals surface area contributed by atoms with Crippen molar-refractivity contribution in [2.75, 3.05) is 26.7 Å². The average Bonchev–Trinajstić information content (AvgIpc) is 3.46. The highest BCUT2D eigenvalue weighted by molar-refractivity contribution is 7.18. The number of pyridine rings is 1. The van der Waals surface area contributed by atoms with Crippen molar-refractivity contribution in [1.82, 2.24) is 19.4 Å². The number of aldehydes is 1. The number of halogens is 1. The summed E-state index contributed by atoms with van der Waals surface area (Å²) in [5, 5.41) is 2.51. The predicted octanol–water partition coefficient (Wildman–Crippen LogP) is 6.52. The molecule has 1 saturated heterocycles. The van der Waals surface area contributed by atoms with Crippen LogP contribution in [0.1, 0.15) is 52.5 Å². The van der Waals surface area contributed by atoms with Crippen LogP contribution in [0.5, 0.6) is 5.75 Å². The maximum absolute atomic E-state index is 11.6. The molecule has 1 aromatic carbocycles. The van der Waals surface area contributed by atoms with Crippen molar-refractivity contribution >= 4 is 39.4 Å². The summed E-state index contributed by atoms with van der Waals surface area (Å²) < 4.78 is 9.79. The number of benzene rings is 1. The number of carbonyl (C=O) groups is 1. The third-order valence-corrected chi connectivity index (χ3v) is 9.69. The van der Waals surface area contributed by atoms with E-state index in [0.717, 1.165) is 64.3 Å². The average molecular weight is 549 g/mol. The smallest absolute Gasteiger partial charge is 0.153 e. The molecule has 0 bridgehead atoms. The number of rotatable bonds is 6. The molecule has 1 spiro atoms. The highest BCUT2D eigenvalue weighted by Crippen LogP contribution is 2.44. The lowest BCUT2D eigenvalue weighted by Crippen LogP contribution is -2.41. The molecule has 0 radical (unpaired) electrons. The molecule has 38 heavy (non-hydrogen) atoms. The zero-order valence-corrected chi connectivity index (χ0v) is 23.8. The molecular weight excluding hydrogens is 516 g/mol. The largest absolute Gasteiger partial charge is 0.491 e. The van der Waals surface area contributed by atoms with Gasteiger partial charge in [-0.05, 0) is 95.8 Å². The first-order chi connectivity index (χ1) is 18.4. The van der Waals surface area contributed by atoms with E-state index >= 15 is 0 Å². The second kappa shape index (κ2) is 10.1. The van der Waals surface area contributed by atoms with Crippen LogP contribution in [0.2, 0.25) is 5.02 Å². The van der Waals surface area contributed by atoms with Gasteiger partial charge in [-0.3, -0.25) is 9.78 Å². The highest BCUT2D eigenvalue weighted by atomic mass is 35.5. The Labute approximate surface area is 232 Å². The SMILES string of the molecule is Cc1cc(-c2cc(Cl)ccc2OCCn2c(C)nc3c2CC2(CC3)CCN(C)CC2)c2scc(C=O)c2n1. The van der Waals surface area contributed by atoms with Crippen molar-refractivity contribution in [3.63, 3.8) is 0 Å². The van der Waals surface area contributed by atoms with Gasteiger partial charge in [0, 0.05) is 32.9 Å². The van der Waals surface area contributed by atoms with Crippen molar-refractivity contribution in [3.05, 3.63) is 63.1 Å². The lowest BCUT2D eigenvalue weighted by molar-refractivity contribution is 0.103. The summed E-state index contributed by atoms with van der Waals surface area (Å²) in [4.78, 5) is 23.6. The Morgan fingerprint density at radius 1 is 1.13 bits per heavy atom. The molecular formula is C30H33ClN4O2S. The molecule has 6 rings (SSSR count). The topological polar surface area (TPSA) is 60.2 Å². The molecule has 4 heterocycles. The minimum absolute atomic E-state index is 0.416. The number of likely N-dealkylation sites (tertiary alicyclic amines) is 1. The number of fused-ring (bicyclic) bond motifs is 2. The summed E-state index contributed by atoms with van der Waals surface area (Å²) in [6.45, 7) is 7.72. The van der Waals surface area contributed by atoms with E-state index < -0.39 is 0 Å². The Bertz CT molecular complexity index is 1520. The van der Waals surface area contributed by atoms with E-state index in [2.05, 4.69) is 28.4 Å². The number of ether oxygens (including phenoxy) is 1. The van der Waals surface area contributed by atoms with E-state index in [1.165, 1.54) is 55.1 Å². The van der Waals surface area contributed by atoms with Crippen molar-refractivity contribution in [3.8, 4) is 16.9 Å². The van der Waals surface area contributed by atoms with Gasteiger partial charge < -0.3 is 14.2 Å². The number of nitrogens with zero attached hydrogens (tertiary/aromatic N) is 4. The fraction of sp³-hybridized carbons (Fsp3) is 0.433. The van der Waals surface area contributed by atoms with Gasteiger partial charge in [0.05, 0.1) is 28.0 Å². The lowest BCUT2D eigenvalue weighted by atomic mass is 9.68. The minimum Gasteiger partial charge on any atom is -0.491 e. The standard InChI is InChI=1S/C30H33ClN4O2S/c1-19-14-24(29-28(32-19)21(17-36)18-38-29)23-15-22(31)4-5-27(23)37-13-12-35-20(2)33-25-6-7-30(16-26(25)35)8-10-34(3)11-9-30/h4-5,14-15,17-18H,6-13,16H2,1-3H3. The van der Waals surface area contributed by atoms with Gasteiger partial charge in [-0.25, -0.2) is 4.98 Å². The maximum atomic E-state index is 11.6. The molecule has 0 amide bonds. The Balaban J connectivity index is 1.26. The molecule has 0 atom stereocenters. The third-order valence-electron chi connectivity index (χ3n) is 8.44. The molecule has 6 nitrogen and oxygen atoms in total. The van der Waals surface area contributed by atoms with E-state index in [-0.39, 0.29) is 0 Å².